The molecule has 0 atom stereocenters. The van der Waals surface area contributed by atoms with Crippen molar-refractivity contribution in [3.05, 3.63) is 120 Å². The van der Waals surface area contributed by atoms with E-state index >= 15 is 0 Å². The molecule has 2 aromatic heterocycles. The third-order valence-corrected chi connectivity index (χ3v) is 6.11. The molecule has 5 heteroatoms. The highest BCUT2D eigenvalue weighted by Gasteiger charge is 2.12. The number of carbonyl (C=O) groups excluding carboxylic acids is 3. The zero-order valence-electron chi connectivity index (χ0n) is 21.8. The Balaban J connectivity index is 0.000000133. The van der Waals surface area contributed by atoms with Crippen LogP contribution < -0.4 is 0 Å². The minimum atomic E-state index is -0.0313. The van der Waals surface area contributed by atoms with Gasteiger partial charge in [-0.1, -0.05) is 84.9 Å². The van der Waals surface area contributed by atoms with Crippen LogP contribution in [0, 0.1) is 6.92 Å². The zero-order chi connectivity index (χ0) is 27.2. The summed E-state index contributed by atoms with van der Waals surface area (Å²) in [6.45, 7) is 6.48. The molecule has 2 heterocycles. The van der Waals surface area contributed by atoms with Gasteiger partial charge in [0.25, 0.3) is 0 Å². The van der Waals surface area contributed by atoms with Crippen molar-refractivity contribution in [2.24, 2.45) is 0 Å². The van der Waals surface area contributed by atoms with E-state index in [-0.39, 0.29) is 17.3 Å². The maximum atomic E-state index is 11.2. The van der Waals surface area contributed by atoms with Crippen LogP contribution in [0.3, 0.4) is 0 Å². The Bertz CT molecular complexity index is 1770. The number of rotatable bonds is 3. The van der Waals surface area contributed by atoms with Crippen molar-refractivity contribution in [1.82, 2.24) is 0 Å². The van der Waals surface area contributed by atoms with Gasteiger partial charge < -0.3 is 8.83 Å². The minimum absolute atomic E-state index is 0.0238. The van der Waals surface area contributed by atoms with Crippen molar-refractivity contribution in [2.75, 3.05) is 0 Å². The molecule has 4 aromatic carbocycles. The van der Waals surface area contributed by atoms with E-state index in [1.54, 1.807) is 13.2 Å². The van der Waals surface area contributed by atoms with Crippen LogP contribution in [-0.4, -0.2) is 17.3 Å². The Morgan fingerprint density at radius 2 is 1.11 bits per heavy atom. The lowest BCUT2D eigenvalue weighted by molar-refractivity contribution is 0.0981. The SMILES string of the molecule is CC(=O)c1ccc2ccccc2c1.CC(=O)c1oc(C)c2ccccc12.CC(=O)c1occ2ccccc12. The second-order valence-electron chi connectivity index (χ2n) is 8.92. The molecule has 0 spiro atoms. The summed E-state index contributed by atoms with van der Waals surface area (Å²) < 4.78 is 10.5. The first kappa shape index (κ1) is 26.3. The summed E-state index contributed by atoms with van der Waals surface area (Å²) in [6.07, 6.45) is 1.60. The van der Waals surface area contributed by atoms with Crippen LogP contribution in [0.4, 0.5) is 0 Å². The lowest BCUT2D eigenvalue weighted by Gasteiger charge is -1.99. The van der Waals surface area contributed by atoms with Gasteiger partial charge in [-0.05, 0) is 30.7 Å². The number of fused-ring (bicyclic) bond motifs is 3. The largest absolute Gasteiger partial charge is 0.460 e. The fourth-order valence-corrected chi connectivity index (χ4v) is 4.19. The molecule has 190 valence electrons. The van der Waals surface area contributed by atoms with Gasteiger partial charge in [-0.25, -0.2) is 0 Å². The van der Waals surface area contributed by atoms with E-state index in [2.05, 4.69) is 0 Å². The smallest absolute Gasteiger partial charge is 0.195 e. The lowest BCUT2D eigenvalue weighted by Crippen LogP contribution is -1.90. The van der Waals surface area contributed by atoms with Gasteiger partial charge in [0.2, 0.25) is 0 Å². The normalized spacial score (nSPS) is 10.4. The highest BCUT2D eigenvalue weighted by Crippen LogP contribution is 2.25. The van der Waals surface area contributed by atoms with Crippen LogP contribution in [0.5, 0.6) is 0 Å². The Labute approximate surface area is 220 Å². The molecular formula is C33H28O5. The van der Waals surface area contributed by atoms with Crippen LogP contribution >= 0.6 is 0 Å². The van der Waals surface area contributed by atoms with Crippen LogP contribution in [-0.2, 0) is 0 Å². The third-order valence-electron chi connectivity index (χ3n) is 6.11. The number of ketones is 3. The van der Waals surface area contributed by atoms with Gasteiger partial charge >= 0.3 is 0 Å². The highest BCUT2D eigenvalue weighted by molar-refractivity contribution is 6.06. The quantitative estimate of drug-likeness (QED) is 0.225. The molecular weight excluding hydrogens is 476 g/mol. The number of furan rings is 2. The van der Waals surface area contributed by atoms with E-state index in [0.29, 0.717) is 11.5 Å². The monoisotopic (exact) mass is 504 g/mol. The summed E-state index contributed by atoms with van der Waals surface area (Å²) in [4.78, 5) is 33.3. The van der Waals surface area contributed by atoms with E-state index in [1.807, 2.05) is 97.9 Å². The number of Topliss-reactive ketones (excluding diaryl/α,β-unsaturated/α-hetero) is 3. The van der Waals surface area contributed by atoms with Gasteiger partial charge in [0, 0.05) is 41.0 Å². The summed E-state index contributed by atoms with van der Waals surface area (Å²) in [5, 5.41) is 6.09. The summed E-state index contributed by atoms with van der Waals surface area (Å²) >= 11 is 0. The van der Waals surface area contributed by atoms with E-state index in [4.69, 9.17) is 8.83 Å². The molecule has 0 unspecified atom stereocenters. The molecule has 0 fully saturated rings. The second-order valence-corrected chi connectivity index (χ2v) is 8.92. The van der Waals surface area contributed by atoms with E-state index in [0.717, 1.165) is 38.3 Å². The highest BCUT2D eigenvalue weighted by atomic mass is 16.3. The van der Waals surface area contributed by atoms with E-state index in [1.165, 1.54) is 19.2 Å². The minimum Gasteiger partial charge on any atom is -0.460 e. The number of benzene rings is 4. The molecule has 6 aromatic rings. The molecule has 0 N–H and O–H groups in total. The average Bonchev–Trinajstić information content (AvgIpc) is 3.51. The van der Waals surface area contributed by atoms with Gasteiger partial charge in [0.1, 0.15) is 5.76 Å². The maximum absolute atomic E-state index is 11.2. The fraction of sp³-hybridized carbons (Fsp3) is 0.121. The summed E-state index contributed by atoms with van der Waals surface area (Å²) in [6, 6.07) is 29.1. The molecule has 0 aliphatic heterocycles. The first-order valence-corrected chi connectivity index (χ1v) is 12.2. The summed E-state index contributed by atoms with van der Waals surface area (Å²) in [5.74, 6) is 1.78. The van der Waals surface area contributed by atoms with Crippen LogP contribution in [0.25, 0.3) is 32.3 Å². The molecule has 0 aliphatic carbocycles. The van der Waals surface area contributed by atoms with Crippen LogP contribution in [0.15, 0.2) is 106 Å². The van der Waals surface area contributed by atoms with Crippen LogP contribution in [0.1, 0.15) is 58.0 Å². The predicted molar refractivity (Wildman–Crippen MR) is 151 cm³/mol. The van der Waals surface area contributed by atoms with Gasteiger partial charge in [-0.3, -0.25) is 14.4 Å². The zero-order valence-corrected chi connectivity index (χ0v) is 21.8. The molecule has 0 saturated heterocycles. The maximum Gasteiger partial charge on any atom is 0.195 e. The molecule has 5 nitrogen and oxygen atoms in total. The Morgan fingerprint density at radius 3 is 1.74 bits per heavy atom. The molecule has 0 aliphatic rings. The van der Waals surface area contributed by atoms with Gasteiger partial charge in [-0.2, -0.15) is 0 Å². The van der Waals surface area contributed by atoms with Crippen molar-refractivity contribution >= 4 is 49.7 Å². The molecule has 0 bridgehead atoms. The van der Waals surface area contributed by atoms with Crippen molar-refractivity contribution in [3.63, 3.8) is 0 Å². The number of aryl methyl sites for hydroxylation is 1. The van der Waals surface area contributed by atoms with E-state index < -0.39 is 0 Å². The van der Waals surface area contributed by atoms with Gasteiger partial charge in [-0.15, -0.1) is 0 Å². The number of hydrogen-bond acceptors (Lipinski definition) is 5. The topological polar surface area (TPSA) is 77.5 Å². The molecule has 0 saturated carbocycles. The number of carbonyl (C=O) groups is 3. The summed E-state index contributed by atoms with van der Waals surface area (Å²) in [5.41, 5.74) is 0.777. The molecule has 38 heavy (non-hydrogen) atoms. The van der Waals surface area contributed by atoms with Gasteiger partial charge in [0.05, 0.1) is 6.26 Å². The van der Waals surface area contributed by atoms with Crippen molar-refractivity contribution in [1.29, 1.82) is 0 Å². The van der Waals surface area contributed by atoms with E-state index in [9.17, 15) is 14.4 Å². The molecule has 0 amide bonds. The molecule has 0 radical (unpaired) electrons. The molecule has 6 rings (SSSR count). The van der Waals surface area contributed by atoms with Crippen molar-refractivity contribution in [2.45, 2.75) is 27.7 Å². The first-order valence-electron chi connectivity index (χ1n) is 12.2. The van der Waals surface area contributed by atoms with Crippen LogP contribution in [0.2, 0.25) is 0 Å². The Morgan fingerprint density at radius 1 is 0.553 bits per heavy atom. The van der Waals surface area contributed by atoms with Gasteiger partial charge in [0.15, 0.2) is 28.9 Å². The standard InChI is InChI=1S/C12H10O.C11H10O2.C10H8O2/c1-9(13)11-7-6-10-4-2-3-5-12(10)8-11;1-7(12)11-10-6-4-3-5-9(10)8(2)13-11;1-7(11)10-9-5-3-2-4-8(9)6-12-10/h2-8H,1H3;3-6H,1-2H3;2-6H,1H3. The fourth-order valence-electron chi connectivity index (χ4n) is 4.19. The average molecular weight is 505 g/mol. The Hall–Kier alpha value is -4.77. The first-order chi connectivity index (χ1) is 18.3. The number of hydrogen-bond donors (Lipinski definition) is 0. The van der Waals surface area contributed by atoms with Crippen molar-refractivity contribution < 1.29 is 23.2 Å². The Kier molecular flexibility index (Phi) is 7.97. The second kappa shape index (κ2) is 11.5. The summed E-state index contributed by atoms with van der Waals surface area (Å²) in [7, 11) is 0. The van der Waals surface area contributed by atoms with Crippen molar-refractivity contribution in [3.8, 4) is 0 Å². The predicted octanol–water partition coefficient (Wildman–Crippen LogP) is 8.62. The lowest BCUT2D eigenvalue weighted by atomic mass is 10.1. The third kappa shape index (κ3) is 5.79.